The Kier molecular flexibility index (Phi) is 9.35. The molecule has 0 aliphatic heterocycles. The molecule has 0 aromatic rings. The average Bonchev–Trinajstić information content (AvgIpc) is 2.40. The van der Waals surface area contributed by atoms with Crippen LogP contribution in [-0.4, -0.2) is 61.6 Å². The van der Waals surface area contributed by atoms with Crippen molar-refractivity contribution in [3.63, 3.8) is 0 Å². The Balaban J connectivity index is 3.42. The van der Waals surface area contributed by atoms with Crippen molar-refractivity contribution in [2.24, 2.45) is 0 Å². The molecule has 0 saturated heterocycles. The summed E-state index contributed by atoms with van der Waals surface area (Å²) in [5.41, 5.74) is 0.206. The number of ether oxygens (including phenoxy) is 3. The molecular weight excluding hydrogens is 280 g/mol. The fourth-order valence-electron chi connectivity index (χ4n) is 0.862. The normalized spacial score (nSPS) is 11.3. The maximum Gasteiger partial charge on any atom is 0.399 e. The lowest BCUT2D eigenvalue weighted by atomic mass is 10.3. The van der Waals surface area contributed by atoms with E-state index in [1.165, 1.54) is 7.11 Å². The Morgan fingerprint density at radius 1 is 1.05 bits per heavy atom. The zero-order valence-corrected chi connectivity index (χ0v) is 11.7. The predicted molar refractivity (Wildman–Crippen MR) is 64.7 cm³/mol. The van der Waals surface area contributed by atoms with E-state index in [9.17, 15) is 13.2 Å². The first-order valence-electron chi connectivity index (χ1n) is 5.29. The van der Waals surface area contributed by atoms with Crippen molar-refractivity contribution in [1.82, 2.24) is 0 Å². The molecule has 9 heteroatoms. The zero-order chi connectivity index (χ0) is 14.7. The molecule has 0 aromatic carbocycles. The molecule has 0 aromatic heterocycles. The lowest BCUT2D eigenvalue weighted by molar-refractivity contribution is -0.136. The second kappa shape index (κ2) is 9.87. The molecule has 0 saturated carbocycles. The van der Waals surface area contributed by atoms with E-state index in [0.29, 0.717) is 0 Å². The Bertz CT molecular complexity index is 375. The van der Waals surface area contributed by atoms with Crippen LogP contribution in [0, 0.1) is 0 Å². The standard InChI is InChI=1S/C10H18O8S/c1-9(10(11)14-2)8-17-5-4-16-6-7-18-19(12,13)15-3/h1,4-8H2,2-3H3. The number of methoxy groups -OCH3 is 1. The summed E-state index contributed by atoms with van der Waals surface area (Å²) in [6.45, 7) is 3.90. The van der Waals surface area contributed by atoms with Crippen molar-refractivity contribution >= 4 is 16.4 Å². The highest BCUT2D eigenvalue weighted by atomic mass is 32.3. The van der Waals surface area contributed by atoms with Gasteiger partial charge in [0.05, 0.1) is 52.8 Å². The van der Waals surface area contributed by atoms with Crippen LogP contribution in [0.5, 0.6) is 0 Å². The molecule has 19 heavy (non-hydrogen) atoms. The van der Waals surface area contributed by atoms with E-state index in [1.807, 2.05) is 0 Å². The first-order valence-corrected chi connectivity index (χ1v) is 6.63. The van der Waals surface area contributed by atoms with Gasteiger partial charge >= 0.3 is 16.4 Å². The van der Waals surface area contributed by atoms with E-state index in [1.54, 1.807) is 0 Å². The highest BCUT2D eigenvalue weighted by Crippen LogP contribution is 1.95. The smallest absolute Gasteiger partial charge is 0.399 e. The Hall–Kier alpha value is -1.00. The van der Waals surface area contributed by atoms with Crippen LogP contribution in [0.4, 0.5) is 0 Å². The summed E-state index contributed by atoms with van der Waals surface area (Å²) < 4.78 is 44.4. The summed E-state index contributed by atoms with van der Waals surface area (Å²) in [5, 5.41) is 0. The fourth-order valence-corrected chi connectivity index (χ4v) is 1.23. The predicted octanol–water partition coefficient (Wildman–Crippen LogP) is -0.343. The SMILES string of the molecule is C=C(COCCOCCOS(=O)(=O)OC)C(=O)OC. The molecule has 0 fully saturated rings. The van der Waals surface area contributed by atoms with Gasteiger partial charge < -0.3 is 14.2 Å². The van der Waals surface area contributed by atoms with Crippen LogP contribution in [0.25, 0.3) is 0 Å². The minimum Gasteiger partial charge on any atom is -0.466 e. The lowest BCUT2D eigenvalue weighted by Gasteiger charge is -2.07. The zero-order valence-electron chi connectivity index (χ0n) is 10.9. The van der Waals surface area contributed by atoms with Gasteiger partial charge in [0.2, 0.25) is 0 Å². The number of carbonyl (C=O) groups is 1. The van der Waals surface area contributed by atoms with Crippen LogP contribution in [0.3, 0.4) is 0 Å². The molecule has 0 aliphatic rings. The summed E-state index contributed by atoms with van der Waals surface area (Å²) in [7, 11) is -1.66. The van der Waals surface area contributed by atoms with E-state index in [-0.39, 0.29) is 38.6 Å². The van der Waals surface area contributed by atoms with Crippen LogP contribution >= 0.6 is 0 Å². The highest BCUT2D eigenvalue weighted by molar-refractivity contribution is 7.81. The van der Waals surface area contributed by atoms with Gasteiger partial charge in [0.25, 0.3) is 0 Å². The third kappa shape index (κ3) is 9.56. The van der Waals surface area contributed by atoms with Gasteiger partial charge in [-0.2, -0.15) is 8.42 Å². The van der Waals surface area contributed by atoms with Gasteiger partial charge in [-0.3, -0.25) is 4.18 Å². The largest absolute Gasteiger partial charge is 0.466 e. The molecule has 0 spiro atoms. The van der Waals surface area contributed by atoms with Gasteiger partial charge in [0.15, 0.2) is 0 Å². The van der Waals surface area contributed by atoms with Crippen LogP contribution in [0.1, 0.15) is 0 Å². The molecule has 0 heterocycles. The fraction of sp³-hybridized carbons (Fsp3) is 0.700. The van der Waals surface area contributed by atoms with E-state index < -0.39 is 16.4 Å². The minimum atomic E-state index is -3.91. The van der Waals surface area contributed by atoms with E-state index >= 15 is 0 Å². The molecule has 0 N–H and O–H groups in total. The summed E-state index contributed by atoms with van der Waals surface area (Å²) >= 11 is 0. The number of carbonyl (C=O) groups excluding carboxylic acids is 1. The molecule has 0 bridgehead atoms. The molecule has 8 nitrogen and oxygen atoms in total. The summed E-state index contributed by atoms with van der Waals surface area (Å²) in [6.07, 6.45) is 0. The van der Waals surface area contributed by atoms with Crippen LogP contribution in [0.2, 0.25) is 0 Å². The van der Waals surface area contributed by atoms with Crippen molar-refractivity contribution in [3.05, 3.63) is 12.2 Å². The first kappa shape index (κ1) is 18.0. The maximum atomic E-state index is 10.9. The second-order valence-corrected chi connectivity index (χ2v) is 4.54. The molecule has 112 valence electrons. The van der Waals surface area contributed by atoms with E-state index in [0.717, 1.165) is 7.11 Å². The van der Waals surface area contributed by atoms with Gasteiger partial charge in [0.1, 0.15) is 0 Å². The van der Waals surface area contributed by atoms with Gasteiger partial charge in [-0.1, -0.05) is 6.58 Å². The van der Waals surface area contributed by atoms with Crippen LogP contribution in [0.15, 0.2) is 12.2 Å². The van der Waals surface area contributed by atoms with Crippen LogP contribution in [-0.2, 0) is 37.8 Å². The number of hydrogen-bond acceptors (Lipinski definition) is 8. The summed E-state index contributed by atoms with van der Waals surface area (Å²) in [6, 6.07) is 0. The van der Waals surface area contributed by atoms with Gasteiger partial charge in [-0.25, -0.2) is 8.98 Å². The quantitative estimate of drug-likeness (QED) is 0.290. The van der Waals surface area contributed by atoms with Gasteiger partial charge in [-0.15, -0.1) is 0 Å². The van der Waals surface area contributed by atoms with Crippen molar-refractivity contribution in [3.8, 4) is 0 Å². The number of rotatable bonds is 11. The number of hydrogen-bond donors (Lipinski definition) is 0. The van der Waals surface area contributed by atoms with Gasteiger partial charge in [-0.05, 0) is 0 Å². The first-order chi connectivity index (χ1) is 8.93. The van der Waals surface area contributed by atoms with E-state index in [4.69, 9.17) is 9.47 Å². The van der Waals surface area contributed by atoms with Crippen molar-refractivity contribution in [2.75, 3.05) is 47.3 Å². The minimum absolute atomic E-state index is 0.0462. The topological polar surface area (TPSA) is 97.4 Å². The molecule has 0 aliphatic carbocycles. The Labute approximate surface area is 112 Å². The third-order valence-electron chi connectivity index (χ3n) is 1.78. The number of esters is 1. The van der Waals surface area contributed by atoms with Crippen molar-refractivity contribution in [2.45, 2.75) is 0 Å². The molecule has 0 atom stereocenters. The lowest BCUT2D eigenvalue weighted by Crippen LogP contribution is -2.15. The Morgan fingerprint density at radius 2 is 1.63 bits per heavy atom. The van der Waals surface area contributed by atoms with Crippen LogP contribution < -0.4 is 0 Å². The summed E-state index contributed by atoms with van der Waals surface area (Å²) in [4.78, 5) is 10.9. The molecular formula is C10H18O8S. The van der Waals surface area contributed by atoms with E-state index in [2.05, 4.69) is 19.7 Å². The molecule has 0 rings (SSSR count). The third-order valence-corrected chi connectivity index (χ3v) is 2.65. The van der Waals surface area contributed by atoms with Gasteiger partial charge in [0, 0.05) is 0 Å². The molecule has 0 unspecified atom stereocenters. The van der Waals surface area contributed by atoms with Crippen molar-refractivity contribution in [1.29, 1.82) is 0 Å². The highest BCUT2D eigenvalue weighted by Gasteiger charge is 2.08. The molecule has 0 amide bonds. The monoisotopic (exact) mass is 298 g/mol. The maximum absolute atomic E-state index is 10.9. The average molecular weight is 298 g/mol. The molecule has 0 radical (unpaired) electrons. The van der Waals surface area contributed by atoms with Crippen molar-refractivity contribution < 1.29 is 35.8 Å². The second-order valence-electron chi connectivity index (χ2n) is 3.16. The summed E-state index contributed by atoms with van der Waals surface area (Å²) in [5.74, 6) is -0.529. The Morgan fingerprint density at radius 3 is 2.21 bits per heavy atom.